The van der Waals surface area contributed by atoms with E-state index in [4.69, 9.17) is 0 Å². The topological polar surface area (TPSA) is 17.1 Å². The van der Waals surface area contributed by atoms with Crippen LogP contribution in [0, 0.1) is 29.1 Å². The standard InChI is InChI=1S/C12H9F5OS.C2H6/c1-6(18)4-2-3-5-19-12-10(16)8(14)7(13)9(15)11(12)17;1-2/h2,4H,3,5H2,1H3;1-2H3/b4-2+;. The van der Waals surface area contributed by atoms with Crippen LogP contribution in [-0.2, 0) is 4.79 Å². The zero-order chi connectivity index (χ0) is 16.6. The second-order valence-electron chi connectivity index (χ2n) is 3.55. The molecule has 0 saturated heterocycles. The fraction of sp³-hybridized carbons (Fsp3) is 0.357. The second-order valence-corrected chi connectivity index (χ2v) is 4.65. The number of benzene rings is 1. The van der Waals surface area contributed by atoms with E-state index in [2.05, 4.69) is 0 Å². The first-order valence-electron chi connectivity index (χ1n) is 6.17. The number of thioether (sulfide) groups is 1. The van der Waals surface area contributed by atoms with Crippen molar-refractivity contribution < 1.29 is 26.7 Å². The molecule has 1 rings (SSSR count). The van der Waals surface area contributed by atoms with Crippen LogP contribution in [0.2, 0.25) is 0 Å². The molecular formula is C14H15F5OS. The number of hydrogen-bond acceptors (Lipinski definition) is 2. The third-order valence-corrected chi connectivity index (χ3v) is 3.14. The molecule has 0 fully saturated rings. The number of ketones is 1. The molecule has 0 radical (unpaired) electrons. The Kier molecular flexibility index (Phi) is 8.92. The summed E-state index contributed by atoms with van der Waals surface area (Å²) in [5.41, 5.74) is 0. The molecule has 21 heavy (non-hydrogen) atoms. The molecule has 1 aromatic rings. The van der Waals surface area contributed by atoms with Gasteiger partial charge >= 0.3 is 0 Å². The molecule has 0 unspecified atom stereocenters. The smallest absolute Gasteiger partial charge is 0.200 e. The summed E-state index contributed by atoms with van der Waals surface area (Å²) in [5, 5.41) is 0. The summed E-state index contributed by atoms with van der Waals surface area (Å²) in [6.07, 6.45) is 2.99. The average molecular weight is 326 g/mol. The summed E-state index contributed by atoms with van der Waals surface area (Å²) in [5.74, 6) is -9.87. The summed E-state index contributed by atoms with van der Waals surface area (Å²) in [6.45, 7) is 5.33. The normalized spacial score (nSPS) is 10.5. The molecule has 0 atom stereocenters. The molecule has 118 valence electrons. The molecule has 0 aliphatic rings. The van der Waals surface area contributed by atoms with Crippen LogP contribution in [0.3, 0.4) is 0 Å². The molecule has 0 saturated carbocycles. The van der Waals surface area contributed by atoms with Gasteiger partial charge in [-0.05, 0) is 19.4 Å². The number of halogens is 5. The molecule has 0 bridgehead atoms. The fourth-order valence-electron chi connectivity index (χ4n) is 1.19. The third-order valence-electron chi connectivity index (χ3n) is 2.05. The van der Waals surface area contributed by atoms with Gasteiger partial charge in [-0.2, -0.15) is 0 Å². The number of allylic oxidation sites excluding steroid dienone is 2. The van der Waals surface area contributed by atoms with E-state index in [-0.39, 0.29) is 18.0 Å². The number of rotatable bonds is 5. The third kappa shape index (κ3) is 5.49. The van der Waals surface area contributed by atoms with Gasteiger partial charge in [-0.15, -0.1) is 11.8 Å². The first kappa shape index (κ1) is 19.6. The van der Waals surface area contributed by atoms with E-state index in [0.717, 1.165) is 0 Å². The largest absolute Gasteiger partial charge is 0.295 e. The predicted octanol–water partition coefficient (Wildman–Crippen LogP) is 5.04. The van der Waals surface area contributed by atoms with E-state index in [1.165, 1.54) is 19.1 Å². The zero-order valence-corrected chi connectivity index (χ0v) is 12.6. The number of carbonyl (C=O) groups is 1. The molecule has 0 heterocycles. The Bertz CT molecular complexity index is 500. The van der Waals surface area contributed by atoms with Crippen molar-refractivity contribution in [2.24, 2.45) is 0 Å². The molecule has 0 N–H and O–H groups in total. The average Bonchev–Trinajstić information content (AvgIpc) is 2.47. The summed E-state index contributed by atoms with van der Waals surface area (Å²) in [4.78, 5) is 9.65. The van der Waals surface area contributed by atoms with Crippen LogP contribution in [0.4, 0.5) is 22.0 Å². The molecule has 0 aliphatic heterocycles. The van der Waals surface area contributed by atoms with Crippen molar-refractivity contribution in [1.82, 2.24) is 0 Å². The van der Waals surface area contributed by atoms with Gasteiger partial charge in [0.15, 0.2) is 29.1 Å². The van der Waals surface area contributed by atoms with E-state index in [1.54, 1.807) is 0 Å². The van der Waals surface area contributed by atoms with Crippen LogP contribution in [-0.4, -0.2) is 11.5 Å². The fourth-order valence-corrected chi connectivity index (χ4v) is 2.08. The summed E-state index contributed by atoms with van der Waals surface area (Å²) in [7, 11) is 0. The van der Waals surface area contributed by atoms with Crippen molar-refractivity contribution >= 4 is 17.5 Å². The minimum atomic E-state index is -2.17. The van der Waals surface area contributed by atoms with E-state index < -0.39 is 34.0 Å². The van der Waals surface area contributed by atoms with Gasteiger partial charge in [-0.25, -0.2) is 22.0 Å². The molecule has 0 amide bonds. The van der Waals surface area contributed by atoms with Gasteiger partial charge in [-0.1, -0.05) is 19.9 Å². The van der Waals surface area contributed by atoms with Gasteiger partial charge in [0.05, 0.1) is 4.90 Å². The molecule has 1 nitrogen and oxygen atoms in total. The molecule has 0 aliphatic carbocycles. The molecule has 1 aromatic carbocycles. The van der Waals surface area contributed by atoms with Gasteiger partial charge in [0.1, 0.15) is 0 Å². The minimum absolute atomic E-state index is 0.0854. The van der Waals surface area contributed by atoms with Crippen LogP contribution < -0.4 is 0 Å². The monoisotopic (exact) mass is 326 g/mol. The van der Waals surface area contributed by atoms with Crippen molar-refractivity contribution in [3.63, 3.8) is 0 Å². The van der Waals surface area contributed by atoms with Gasteiger partial charge in [-0.3, -0.25) is 4.79 Å². The number of hydrogen-bond donors (Lipinski definition) is 0. The highest BCUT2D eigenvalue weighted by Gasteiger charge is 2.25. The quantitative estimate of drug-likeness (QED) is 0.188. The van der Waals surface area contributed by atoms with Crippen LogP contribution in [0.5, 0.6) is 0 Å². The van der Waals surface area contributed by atoms with Gasteiger partial charge in [0.25, 0.3) is 0 Å². The van der Waals surface area contributed by atoms with Crippen molar-refractivity contribution in [3.05, 3.63) is 41.2 Å². The van der Waals surface area contributed by atoms with Crippen molar-refractivity contribution in [2.45, 2.75) is 32.1 Å². The van der Waals surface area contributed by atoms with Crippen molar-refractivity contribution in [3.8, 4) is 0 Å². The summed E-state index contributed by atoms with van der Waals surface area (Å²) >= 11 is 0.503. The Morgan fingerprint density at radius 3 is 1.81 bits per heavy atom. The maximum atomic E-state index is 13.2. The van der Waals surface area contributed by atoms with Crippen LogP contribution in [0.1, 0.15) is 27.2 Å². The SMILES string of the molecule is CC.CC(=O)/C=C/CCSc1c(F)c(F)c(F)c(F)c1F. The highest BCUT2D eigenvalue weighted by Crippen LogP contribution is 2.31. The van der Waals surface area contributed by atoms with Crippen LogP contribution in [0.15, 0.2) is 17.0 Å². The maximum absolute atomic E-state index is 13.2. The second kappa shape index (κ2) is 9.55. The Labute approximate surface area is 124 Å². The summed E-state index contributed by atoms with van der Waals surface area (Å²) in [6, 6.07) is 0. The van der Waals surface area contributed by atoms with E-state index in [1.807, 2.05) is 13.8 Å². The van der Waals surface area contributed by atoms with Gasteiger partial charge in [0.2, 0.25) is 5.82 Å². The first-order chi connectivity index (χ1) is 9.86. The van der Waals surface area contributed by atoms with Crippen LogP contribution >= 0.6 is 11.8 Å². The van der Waals surface area contributed by atoms with Crippen molar-refractivity contribution in [1.29, 1.82) is 0 Å². The first-order valence-corrected chi connectivity index (χ1v) is 7.16. The lowest BCUT2D eigenvalue weighted by Gasteiger charge is -2.06. The Balaban J connectivity index is 0.00000191. The predicted molar refractivity (Wildman–Crippen MR) is 72.7 cm³/mol. The highest BCUT2D eigenvalue weighted by molar-refractivity contribution is 7.99. The summed E-state index contributed by atoms with van der Waals surface area (Å²) < 4.78 is 64.9. The Morgan fingerprint density at radius 1 is 0.952 bits per heavy atom. The Morgan fingerprint density at radius 2 is 1.38 bits per heavy atom. The van der Waals surface area contributed by atoms with Crippen LogP contribution in [0.25, 0.3) is 0 Å². The lowest BCUT2D eigenvalue weighted by Crippen LogP contribution is -2.03. The highest BCUT2D eigenvalue weighted by atomic mass is 32.2. The molecule has 0 aromatic heterocycles. The minimum Gasteiger partial charge on any atom is -0.295 e. The number of carbonyl (C=O) groups excluding carboxylic acids is 1. The molecular weight excluding hydrogens is 311 g/mol. The van der Waals surface area contributed by atoms with E-state index in [0.29, 0.717) is 11.8 Å². The van der Waals surface area contributed by atoms with Gasteiger partial charge in [0, 0.05) is 5.75 Å². The maximum Gasteiger partial charge on any atom is 0.200 e. The molecule has 7 heteroatoms. The van der Waals surface area contributed by atoms with E-state index >= 15 is 0 Å². The van der Waals surface area contributed by atoms with E-state index in [9.17, 15) is 26.7 Å². The Hall–Kier alpha value is -1.37. The zero-order valence-electron chi connectivity index (χ0n) is 11.8. The lowest BCUT2D eigenvalue weighted by atomic mass is 10.3. The van der Waals surface area contributed by atoms with Gasteiger partial charge < -0.3 is 0 Å². The van der Waals surface area contributed by atoms with Crippen molar-refractivity contribution in [2.75, 3.05) is 5.75 Å². The lowest BCUT2D eigenvalue weighted by molar-refractivity contribution is -0.112. The molecule has 0 spiro atoms.